The smallest absolute Gasteiger partial charge is 0.178 e. The molecule has 2 nitrogen and oxygen atoms in total. The molecule has 0 N–H and O–H groups in total. The molecule has 0 spiro atoms. The van der Waals surface area contributed by atoms with Crippen LogP contribution in [0.25, 0.3) is 0 Å². The van der Waals surface area contributed by atoms with E-state index in [1.807, 2.05) is 6.92 Å². The van der Waals surface area contributed by atoms with Crippen LogP contribution in [0.3, 0.4) is 0 Å². The molecule has 0 aliphatic carbocycles. The summed E-state index contributed by atoms with van der Waals surface area (Å²) in [6, 6.07) is 0. The highest BCUT2D eigenvalue weighted by atomic mass is 16.7. The minimum Gasteiger partial charge on any atom is -0.347 e. The summed E-state index contributed by atoms with van der Waals surface area (Å²) in [7, 11) is 0. The Morgan fingerprint density at radius 1 is 1.60 bits per heavy atom. The fraction of sp³-hybridized carbons (Fsp3) is 0.500. The summed E-state index contributed by atoms with van der Waals surface area (Å²) in [6.45, 7) is 3.18. The second-order valence-electron chi connectivity index (χ2n) is 2.10. The Morgan fingerprint density at radius 2 is 2.20 bits per heavy atom. The lowest BCUT2D eigenvalue weighted by molar-refractivity contribution is -0.00192. The Balaban J connectivity index is 2.44. The van der Waals surface area contributed by atoms with Crippen molar-refractivity contribution >= 4 is 0 Å². The van der Waals surface area contributed by atoms with Crippen LogP contribution in [0.4, 0.5) is 0 Å². The van der Waals surface area contributed by atoms with Crippen LogP contribution in [0.1, 0.15) is 6.92 Å². The van der Waals surface area contributed by atoms with Gasteiger partial charge in [0.2, 0.25) is 0 Å². The summed E-state index contributed by atoms with van der Waals surface area (Å²) >= 11 is 0. The van der Waals surface area contributed by atoms with Crippen molar-refractivity contribution < 1.29 is 9.47 Å². The quantitative estimate of drug-likeness (QED) is 0.502. The molecule has 1 heterocycles. The molecule has 0 aromatic carbocycles. The van der Waals surface area contributed by atoms with Gasteiger partial charge in [-0.05, 0) is 18.6 Å². The lowest BCUT2D eigenvalue weighted by atomic mass is 10.3. The van der Waals surface area contributed by atoms with Crippen LogP contribution in [-0.2, 0) is 9.47 Å². The Labute approximate surface area is 60.8 Å². The first-order valence-electron chi connectivity index (χ1n) is 3.21. The van der Waals surface area contributed by atoms with Gasteiger partial charge in [0.25, 0.3) is 0 Å². The molecule has 1 saturated heterocycles. The number of hydrogen-bond donors (Lipinski definition) is 0. The maximum atomic E-state index is 5.13. The largest absolute Gasteiger partial charge is 0.347 e. The summed E-state index contributed by atoms with van der Waals surface area (Å²) in [6.07, 6.45) is 6.71. The maximum absolute atomic E-state index is 5.13. The van der Waals surface area contributed by atoms with E-state index >= 15 is 0 Å². The molecule has 0 aromatic heterocycles. The Bertz CT molecular complexity index is 170. The van der Waals surface area contributed by atoms with Crippen LogP contribution in [0, 0.1) is 12.3 Å². The van der Waals surface area contributed by atoms with Crippen LogP contribution in [0.5, 0.6) is 0 Å². The van der Waals surface area contributed by atoms with Crippen molar-refractivity contribution in [1.82, 2.24) is 0 Å². The van der Waals surface area contributed by atoms with Gasteiger partial charge in [-0.2, -0.15) is 0 Å². The van der Waals surface area contributed by atoms with Gasteiger partial charge in [0.05, 0.1) is 13.2 Å². The van der Waals surface area contributed by atoms with Crippen molar-refractivity contribution in [2.75, 3.05) is 13.2 Å². The van der Waals surface area contributed by atoms with Crippen molar-refractivity contribution in [2.24, 2.45) is 0 Å². The molecule has 1 fully saturated rings. The zero-order valence-corrected chi connectivity index (χ0v) is 5.96. The molecule has 0 saturated carbocycles. The summed E-state index contributed by atoms with van der Waals surface area (Å²) in [5, 5.41) is 0. The highest BCUT2D eigenvalue weighted by Gasteiger charge is 2.11. The van der Waals surface area contributed by atoms with Crippen molar-refractivity contribution in [1.29, 1.82) is 0 Å². The van der Waals surface area contributed by atoms with Gasteiger partial charge in [0, 0.05) is 0 Å². The average Bonchev–Trinajstić information content (AvgIpc) is 2.40. The average molecular weight is 138 g/mol. The number of ether oxygens (including phenoxy) is 2. The number of rotatable bonds is 1. The van der Waals surface area contributed by atoms with Gasteiger partial charge < -0.3 is 9.47 Å². The number of terminal acetylenes is 1. The first kappa shape index (κ1) is 7.33. The predicted octanol–water partition coefficient (Wildman–Crippen LogP) is 0.939. The number of allylic oxidation sites excluding steroid dienone is 1. The normalized spacial score (nSPS) is 21.0. The van der Waals surface area contributed by atoms with Gasteiger partial charge in [-0.1, -0.05) is 5.92 Å². The molecule has 0 bridgehead atoms. The molecule has 1 rings (SSSR count). The van der Waals surface area contributed by atoms with Gasteiger partial charge in [-0.15, -0.1) is 6.42 Å². The minimum atomic E-state index is -0.212. The van der Waals surface area contributed by atoms with Crippen molar-refractivity contribution in [2.45, 2.75) is 13.2 Å². The first-order chi connectivity index (χ1) is 4.83. The molecule has 1 aliphatic rings. The molecular weight excluding hydrogens is 128 g/mol. The molecule has 0 amide bonds. The standard InChI is InChI=1S/C8H10O2/c1-3-7(2)6-8-9-4-5-10-8/h1,6,8H,4-5H2,2H3/b7-6-. The molecule has 1 aliphatic heterocycles. The van der Waals surface area contributed by atoms with Crippen LogP contribution in [0.2, 0.25) is 0 Å². The van der Waals surface area contributed by atoms with E-state index in [1.54, 1.807) is 6.08 Å². The molecule has 0 aromatic rings. The van der Waals surface area contributed by atoms with Crippen LogP contribution < -0.4 is 0 Å². The lowest BCUT2D eigenvalue weighted by Crippen LogP contribution is -2.02. The highest BCUT2D eigenvalue weighted by molar-refractivity contribution is 5.23. The third-order valence-electron chi connectivity index (χ3n) is 1.26. The third kappa shape index (κ3) is 1.87. The van der Waals surface area contributed by atoms with E-state index in [4.69, 9.17) is 15.9 Å². The van der Waals surface area contributed by atoms with E-state index in [0.29, 0.717) is 13.2 Å². The van der Waals surface area contributed by atoms with Gasteiger partial charge in [-0.3, -0.25) is 0 Å². The highest BCUT2D eigenvalue weighted by Crippen LogP contribution is 2.06. The fourth-order valence-corrected chi connectivity index (χ4v) is 0.725. The molecule has 10 heavy (non-hydrogen) atoms. The summed E-state index contributed by atoms with van der Waals surface area (Å²) < 4.78 is 10.3. The molecule has 54 valence electrons. The Morgan fingerprint density at radius 3 is 2.70 bits per heavy atom. The van der Waals surface area contributed by atoms with Crippen molar-refractivity contribution in [3.05, 3.63) is 11.6 Å². The SMILES string of the molecule is C#C/C(C)=C\C1OCCO1. The van der Waals surface area contributed by atoms with Gasteiger partial charge in [0.1, 0.15) is 0 Å². The van der Waals surface area contributed by atoms with Gasteiger partial charge in [0.15, 0.2) is 6.29 Å². The Hall–Kier alpha value is -0.780. The lowest BCUT2D eigenvalue weighted by Gasteiger charge is -2.01. The van der Waals surface area contributed by atoms with E-state index in [2.05, 4.69) is 5.92 Å². The van der Waals surface area contributed by atoms with Gasteiger partial charge in [-0.25, -0.2) is 0 Å². The van der Waals surface area contributed by atoms with Gasteiger partial charge >= 0.3 is 0 Å². The van der Waals surface area contributed by atoms with Crippen LogP contribution >= 0.6 is 0 Å². The Kier molecular flexibility index (Phi) is 2.49. The summed E-state index contributed by atoms with van der Waals surface area (Å²) in [4.78, 5) is 0. The van der Waals surface area contributed by atoms with Crippen LogP contribution in [0.15, 0.2) is 11.6 Å². The molecule has 0 unspecified atom stereocenters. The fourth-order valence-electron chi connectivity index (χ4n) is 0.725. The van der Waals surface area contributed by atoms with E-state index in [1.165, 1.54) is 0 Å². The molecule has 0 atom stereocenters. The summed E-state index contributed by atoms with van der Waals surface area (Å²) in [5.41, 5.74) is 0.854. The van der Waals surface area contributed by atoms with E-state index in [-0.39, 0.29) is 6.29 Å². The third-order valence-corrected chi connectivity index (χ3v) is 1.26. The zero-order chi connectivity index (χ0) is 7.40. The predicted molar refractivity (Wildman–Crippen MR) is 38.3 cm³/mol. The molecule has 0 radical (unpaired) electrons. The van der Waals surface area contributed by atoms with Crippen molar-refractivity contribution in [3.63, 3.8) is 0 Å². The second kappa shape index (κ2) is 3.40. The topological polar surface area (TPSA) is 18.5 Å². The van der Waals surface area contributed by atoms with Crippen molar-refractivity contribution in [3.8, 4) is 12.3 Å². The monoisotopic (exact) mass is 138 g/mol. The maximum Gasteiger partial charge on any atom is 0.178 e. The van der Waals surface area contributed by atoms with Crippen LogP contribution in [-0.4, -0.2) is 19.5 Å². The molecular formula is C8H10O2. The number of hydrogen-bond acceptors (Lipinski definition) is 2. The minimum absolute atomic E-state index is 0.212. The van der Waals surface area contributed by atoms with E-state index in [9.17, 15) is 0 Å². The second-order valence-corrected chi connectivity index (χ2v) is 2.10. The first-order valence-corrected chi connectivity index (χ1v) is 3.21. The molecule has 2 heteroatoms. The summed E-state index contributed by atoms with van der Waals surface area (Å²) in [5.74, 6) is 2.49. The van der Waals surface area contributed by atoms with E-state index in [0.717, 1.165) is 5.57 Å². The zero-order valence-electron chi connectivity index (χ0n) is 5.96. The van der Waals surface area contributed by atoms with E-state index < -0.39 is 0 Å².